The third-order valence-electron chi connectivity index (χ3n) is 4.95. The second-order valence-corrected chi connectivity index (χ2v) is 8.21. The molecule has 1 unspecified atom stereocenters. The van der Waals surface area contributed by atoms with Gasteiger partial charge in [0, 0.05) is 41.7 Å². The van der Waals surface area contributed by atoms with E-state index in [1.807, 2.05) is 37.4 Å². The second kappa shape index (κ2) is 9.83. The molecule has 0 bridgehead atoms. The van der Waals surface area contributed by atoms with Crippen LogP contribution in [0.15, 0.2) is 36.5 Å². The van der Waals surface area contributed by atoms with Crippen molar-refractivity contribution in [3.8, 4) is 0 Å². The zero-order chi connectivity index (χ0) is 22.5. The Kier molecular flexibility index (Phi) is 7.17. The van der Waals surface area contributed by atoms with Gasteiger partial charge in [0.2, 0.25) is 5.91 Å². The van der Waals surface area contributed by atoms with E-state index in [0.717, 1.165) is 22.2 Å². The minimum atomic E-state index is -0.818. The fourth-order valence-electron chi connectivity index (χ4n) is 3.46. The fraction of sp³-hybridized carbons (Fsp3) is 0.348. The highest BCUT2D eigenvalue weighted by Gasteiger charge is 2.22. The minimum Gasteiger partial charge on any atom is -0.467 e. The summed E-state index contributed by atoms with van der Waals surface area (Å²) in [5.74, 6) is -0.532. The van der Waals surface area contributed by atoms with Gasteiger partial charge in [-0.25, -0.2) is 4.79 Å². The molecule has 2 heterocycles. The molecule has 1 amide bonds. The number of halogens is 1. The number of nitrogens with zero attached hydrogens (tertiary/aromatic N) is 2. The number of aryl methyl sites for hydroxylation is 1. The highest BCUT2D eigenvalue weighted by Crippen LogP contribution is 2.22. The Morgan fingerprint density at radius 1 is 1.32 bits per heavy atom. The van der Waals surface area contributed by atoms with Crippen LogP contribution < -0.4 is 5.32 Å². The number of benzene rings is 1. The van der Waals surface area contributed by atoms with Gasteiger partial charge in [-0.1, -0.05) is 43.6 Å². The molecule has 2 aromatic heterocycles. The first kappa shape index (κ1) is 22.6. The van der Waals surface area contributed by atoms with E-state index in [-0.39, 0.29) is 0 Å². The van der Waals surface area contributed by atoms with Crippen LogP contribution in [0.25, 0.3) is 17.0 Å². The molecule has 0 spiro atoms. The van der Waals surface area contributed by atoms with Gasteiger partial charge in [0.05, 0.1) is 12.8 Å². The lowest BCUT2D eigenvalue weighted by Crippen LogP contribution is -2.42. The van der Waals surface area contributed by atoms with Crippen molar-refractivity contribution >= 4 is 40.5 Å². The van der Waals surface area contributed by atoms with Crippen LogP contribution in [0.1, 0.15) is 30.7 Å². The minimum absolute atomic E-state index is 0.308. The number of amides is 1. The Morgan fingerprint density at radius 2 is 2.06 bits per heavy atom. The van der Waals surface area contributed by atoms with Gasteiger partial charge in [-0.15, -0.1) is 0 Å². The molecular weight excluding hydrogens is 416 g/mol. The quantitative estimate of drug-likeness (QED) is 0.409. The summed E-state index contributed by atoms with van der Waals surface area (Å²) in [6.07, 6.45) is 5.13. The van der Waals surface area contributed by atoms with Gasteiger partial charge >= 0.3 is 5.97 Å². The van der Waals surface area contributed by atoms with Gasteiger partial charge in [0.1, 0.15) is 11.2 Å². The van der Waals surface area contributed by atoms with Crippen molar-refractivity contribution in [1.82, 2.24) is 20.1 Å². The Hall–Kier alpha value is -3.06. The number of carbonyl (C=O) groups excluding carboxylic acids is 2. The number of hydrogen-bond acceptors (Lipinski definition) is 4. The smallest absolute Gasteiger partial charge is 0.328 e. The third kappa shape index (κ3) is 5.35. The summed E-state index contributed by atoms with van der Waals surface area (Å²) >= 11 is 6.43. The summed E-state index contributed by atoms with van der Waals surface area (Å²) in [7, 11) is 1.30. The normalized spacial score (nSPS) is 12.6. The van der Waals surface area contributed by atoms with Crippen LogP contribution in [0.5, 0.6) is 0 Å². The SMILES string of the molecule is COC(=O)C(Cc1c[nH]c2ccccc12)NC(=O)C=Cc1c(C)nn(CC(C)C)c1Cl. The van der Waals surface area contributed by atoms with Gasteiger partial charge < -0.3 is 15.0 Å². The van der Waals surface area contributed by atoms with E-state index < -0.39 is 17.9 Å². The molecular formula is C23H27ClN4O3. The summed E-state index contributed by atoms with van der Waals surface area (Å²) in [6, 6.07) is 6.97. The molecule has 0 aliphatic carbocycles. The predicted octanol–water partition coefficient (Wildman–Crippen LogP) is 3.90. The summed E-state index contributed by atoms with van der Waals surface area (Å²) in [5, 5.41) is 8.65. The Morgan fingerprint density at radius 3 is 2.77 bits per heavy atom. The van der Waals surface area contributed by atoms with E-state index in [1.54, 1.807) is 10.8 Å². The predicted molar refractivity (Wildman–Crippen MR) is 122 cm³/mol. The molecule has 164 valence electrons. The molecule has 3 rings (SSSR count). The molecule has 2 N–H and O–H groups in total. The molecule has 0 aliphatic heterocycles. The van der Waals surface area contributed by atoms with Crippen molar-refractivity contribution in [1.29, 1.82) is 0 Å². The highest BCUT2D eigenvalue weighted by molar-refractivity contribution is 6.31. The Bertz CT molecular complexity index is 1110. The standard InChI is InChI=1S/C23H27ClN4O3/c1-14(2)13-28-22(24)17(15(3)27-28)9-10-21(29)26-20(23(30)31-4)11-16-12-25-19-8-6-5-7-18(16)19/h5-10,12,14,20,25H,11,13H2,1-4H3,(H,26,29). The molecule has 8 heteroatoms. The number of para-hydroxylation sites is 1. The maximum atomic E-state index is 12.6. The topological polar surface area (TPSA) is 89.0 Å². The summed E-state index contributed by atoms with van der Waals surface area (Å²) in [5.41, 5.74) is 3.31. The third-order valence-corrected chi connectivity index (χ3v) is 5.35. The van der Waals surface area contributed by atoms with Crippen molar-refractivity contribution in [3.05, 3.63) is 58.5 Å². The van der Waals surface area contributed by atoms with Crippen LogP contribution in [0.4, 0.5) is 0 Å². The van der Waals surface area contributed by atoms with Crippen molar-refractivity contribution in [2.45, 2.75) is 39.8 Å². The molecule has 3 aromatic rings. The van der Waals surface area contributed by atoms with Crippen LogP contribution >= 0.6 is 11.6 Å². The van der Waals surface area contributed by atoms with E-state index in [1.165, 1.54) is 13.2 Å². The van der Waals surface area contributed by atoms with Crippen LogP contribution in [0.3, 0.4) is 0 Å². The van der Waals surface area contributed by atoms with Crippen molar-refractivity contribution in [2.75, 3.05) is 7.11 Å². The van der Waals surface area contributed by atoms with Crippen LogP contribution in [0.2, 0.25) is 5.15 Å². The van der Waals surface area contributed by atoms with Crippen molar-refractivity contribution in [3.63, 3.8) is 0 Å². The van der Waals surface area contributed by atoms with Gasteiger partial charge in [0.15, 0.2) is 0 Å². The number of esters is 1. The number of H-pyrrole nitrogens is 1. The van der Waals surface area contributed by atoms with E-state index >= 15 is 0 Å². The molecule has 0 aliphatic rings. The average Bonchev–Trinajstić information content (AvgIpc) is 3.25. The van der Waals surface area contributed by atoms with E-state index in [2.05, 4.69) is 29.2 Å². The number of aromatic amines is 1. The first-order valence-corrected chi connectivity index (χ1v) is 10.5. The number of carbonyl (C=O) groups is 2. The van der Waals surface area contributed by atoms with Crippen molar-refractivity contribution < 1.29 is 14.3 Å². The monoisotopic (exact) mass is 442 g/mol. The van der Waals surface area contributed by atoms with Crippen molar-refractivity contribution in [2.24, 2.45) is 5.92 Å². The highest BCUT2D eigenvalue weighted by atomic mass is 35.5. The van der Waals surface area contributed by atoms with Gasteiger partial charge in [-0.2, -0.15) is 5.10 Å². The largest absolute Gasteiger partial charge is 0.467 e. The fourth-order valence-corrected chi connectivity index (χ4v) is 3.76. The van der Waals surface area contributed by atoms with E-state index in [4.69, 9.17) is 16.3 Å². The van der Waals surface area contributed by atoms with E-state index in [9.17, 15) is 9.59 Å². The number of fused-ring (bicyclic) bond motifs is 1. The summed E-state index contributed by atoms with van der Waals surface area (Å²) in [6.45, 7) is 6.69. The zero-order valence-electron chi connectivity index (χ0n) is 18.1. The van der Waals surface area contributed by atoms with Gasteiger partial charge in [0.25, 0.3) is 0 Å². The number of aromatic nitrogens is 3. The number of hydrogen-bond donors (Lipinski definition) is 2. The number of nitrogens with one attached hydrogen (secondary N) is 2. The van der Waals surface area contributed by atoms with Crippen LogP contribution in [0, 0.1) is 12.8 Å². The molecule has 0 saturated heterocycles. The first-order chi connectivity index (χ1) is 14.8. The maximum Gasteiger partial charge on any atom is 0.328 e. The average molecular weight is 443 g/mol. The van der Waals surface area contributed by atoms with Gasteiger partial charge in [-0.3, -0.25) is 9.48 Å². The first-order valence-electron chi connectivity index (χ1n) is 10.1. The summed E-state index contributed by atoms with van der Waals surface area (Å²) < 4.78 is 6.62. The molecule has 0 radical (unpaired) electrons. The molecule has 0 saturated carbocycles. The Labute approximate surface area is 186 Å². The second-order valence-electron chi connectivity index (χ2n) is 7.85. The lowest BCUT2D eigenvalue weighted by Gasteiger charge is -2.15. The van der Waals surface area contributed by atoms with Gasteiger partial charge in [-0.05, 0) is 30.5 Å². The summed E-state index contributed by atoms with van der Waals surface area (Å²) in [4.78, 5) is 28.0. The molecule has 0 fully saturated rings. The number of methoxy groups -OCH3 is 1. The Balaban J connectivity index is 1.74. The van der Waals surface area contributed by atoms with Crippen LogP contribution in [-0.2, 0) is 27.3 Å². The lowest BCUT2D eigenvalue weighted by atomic mass is 10.0. The zero-order valence-corrected chi connectivity index (χ0v) is 18.9. The number of rotatable bonds is 8. The number of ether oxygens (including phenoxy) is 1. The van der Waals surface area contributed by atoms with E-state index in [0.29, 0.717) is 29.6 Å². The molecule has 1 aromatic carbocycles. The maximum absolute atomic E-state index is 12.6. The molecule has 31 heavy (non-hydrogen) atoms. The van der Waals surface area contributed by atoms with Crippen LogP contribution in [-0.4, -0.2) is 39.8 Å². The molecule has 7 nitrogen and oxygen atoms in total. The lowest BCUT2D eigenvalue weighted by molar-refractivity contribution is -0.144. The molecule has 1 atom stereocenters.